The predicted molar refractivity (Wildman–Crippen MR) is 97.0 cm³/mol. The molecule has 2 aromatic heterocycles. The molecule has 8 heteroatoms. The molecule has 2 N–H and O–H groups in total. The number of aromatic nitrogens is 2. The highest BCUT2D eigenvalue weighted by molar-refractivity contribution is 7.09. The zero-order valence-electron chi connectivity index (χ0n) is 14.2. The first-order valence-corrected chi connectivity index (χ1v) is 9.24. The maximum atomic E-state index is 12.2. The summed E-state index contributed by atoms with van der Waals surface area (Å²) < 4.78 is 0.901. The Morgan fingerprint density at radius 2 is 2.12 bits per heavy atom. The average molecular weight is 362 g/mol. The molecule has 1 fully saturated rings. The van der Waals surface area contributed by atoms with Gasteiger partial charge in [0.05, 0.1) is 0 Å². The number of nitrogens with zero attached hydrogens (tertiary/aromatic N) is 2. The fourth-order valence-corrected chi connectivity index (χ4v) is 3.78. The number of H-pyrrole nitrogens is 1. The van der Waals surface area contributed by atoms with Crippen LogP contribution in [0.15, 0.2) is 33.3 Å². The number of hydrogen-bond acceptors (Lipinski definition) is 5. The van der Waals surface area contributed by atoms with Gasteiger partial charge in [0.2, 0.25) is 0 Å². The molecule has 134 valence electrons. The Hall–Kier alpha value is -2.19. The Kier molecular flexibility index (Phi) is 5.50. The second-order valence-electron chi connectivity index (χ2n) is 6.38. The summed E-state index contributed by atoms with van der Waals surface area (Å²) in [5.41, 5.74) is -1.14. The SMILES string of the molecule is Cn1c(=O)[nH]cc(C(=O)NCC2CCN(Cc3cccs3)CC2)c1=O. The van der Waals surface area contributed by atoms with E-state index in [0.717, 1.165) is 37.0 Å². The van der Waals surface area contributed by atoms with Gasteiger partial charge in [-0.3, -0.25) is 19.1 Å². The average Bonchev–Trinajstić information content (AvgIpc) is 3.12. The van der Waals surface area contributed by atoms with Gasteiger partial charge in [-0.1, -0.05) is 6.07 Å². The standard InChI is InChI=1S/C17H22N4O3S/c1-20-16(23)14(10-19-17(20)24)15(22)18-9-12-4-6-21(7-5-12)11-13-3-2-8-25-13/h2-3,8,10,12H,4-7,9,11H2,1H3,(H,18,22)(H,19,24). The largest absolute Gasteiger partial charge is 0.352 e. The zero-order chi connectivity index (χ0) is 17.8. The Morgan fingerprint density at radius 3 is 2.80 bits per heavy atom. The summed E-state index contributed by atoms with van der Waals surface area (Å²) in [6.07, 6.45) is 3.23. The summed E-state index contributed by atoms with van der Waals surface area (Å²) in [5.74, 6) is -0.0204. The molecule has 25 heavy (non-hydrogen) atoms. The van der Waals surface area contributed by atoms with Crippen molar-refractivity contribution in [3.8, 4) is 0 Å². The summed E-state index contributed by atoms with van der Waals surface area (Å²) in [7, 11) is 1.35. The van der Waals surface area contributed by atoms with Crippen molar-refractivity contribution in [1.29, 1.82) is 0 Å². The fraction of sp³-hybridized carbons (Fsp3) is 0.471. The van der Waals surface area contributed by atoms with Crippen molar-refractivity contribution in [2.75, 3.05) is 19.6 Å². The minimum atomic E-state index is -0.577. The number of amides is 1. The molecule has 1 saturated heterocycles. The lowest BCUT2D eigenvalue weighted by molar-refractivity contribution is 0.0932. The summed E-state index contributed by atoms with van der Waals surface area (Å²) in [6, 6.07) is 4.23. The third-order valence-corrected chi connectivity index (χ3v) is 5.50. The van der Waals surface area contributed by atoms with Gasteiger partial charge in [-0.2, -0.15) is 0 Å². The molecule has 0 aliphatic carbocycles. The van der Waals surface area contributed by atoms with E-state index in [4.69, 9.17) is 0 Å². The number of thiophene rings is 1. The van der Waals surface area contributed by atoms with Gasteiger partial charge in [0, 0.05) is 31.2 Å². The summed E-state index contributed by atoms with van der Waals surface area (Å²) in [4.78, 5) is 41.7. The van der Waals surface area contributed by atoms with Gasteiger partial charge in [0.15, 0.2) is 0 Å². The summed E-state index contributed by atoms with van der Waals surface area (Å²) in [6.45, 7) is 3.57. The molecular weight excluding hydrogens is 340 g/mol. The highest BCUT2D eigenvalue weighted by Gasteiger charge is 2.21. The number of carbonyl (C=O) groups excluding carboxylic acids is 1. The van der Waals surface area contributed by atoms with Crippen LogP contribution < -0.4 is 16.6 Å². The van der Waals surface area contributed by atoms with E-state index in [-0.39, 0.29) is 5.56 Å². The van der Waals surface area contributed by atoms with E-state index in [1.807, 2.05) is 0 Å². The molecule has 0 radical (unpaired) electrons. The van der Waals surface area contributed by atoms with Crippen molar-refractivity contribution in [2.45, 2.75) is 19.4 Å². The molecule has 1 aliphatic heterocycles. The minimum absolute atomic E-state index is 0.0303. The van der Waals surface area contributed by atoms with Crippen molar-refractivity contribution in [2.24, 2.45) is 13.0 Å². The predicted octanol–water partition coefficient (Wildman–Crippen LogP) is 0.777. The van der Waals surface area contributed by atoms with Crippen LogP contribution in [0.5, 0.6) is 0 Å². The van der Waals surface area contributed by atoms with Gasteiger partial charge in [0.25, 0.3) is 11.5 Å². The maximum absolute atomic E-state index is 12.2. The number of likely N-dealkylation sites (tertiary alicyclic amines) is 1. The van der Waals surface area contributed by atoms with Crippen molar-refractivity contribution in [1.82, 2.24) is 19.8 Å². The Balaban J connectivity index is 1.48. The van der Waals surface area contributed by atoms with Crippen LogP contribution >= 0.6 is 11.3 Å². The van der Waals surface area contributed by atoms with Crippen molar-refractivity contribution in [3.63, 3.8) is 0 Å². The van der Waals surface area contributed by atoms with Gasteiger partial charge in [-0.15, -0.1) is 11.3 Å². The van der Waals surface area contributed by atoms with Gasteiger partial charge >= 0.3 is 5.69 Å². The number of nitrogens with one attached hydrogen (secondary N) is 2. The number of aromatic amines is 1. The minimum Gasteiger partial charge on any atom is -0.352 e. The normalized spacial score (nSPS) is 16.0. The van der Waals surface area contributed by atoms with Gasteiger partial charge in [0.1, 0.15) is 5.56 Å². The first-order valence-electron chi connectivity index (χ1n) is 8.36. The molecule has 7 nitrogen and oxygen atoms in total. The van der Waals surface area contributed by atoms with E-state index in [2.05, 4.69) is 32.7 Å². The Labute approximate surface area is 149 Å². The molecular formula is C17H22N4O3S. The second-order valence-corrected chi connectivity index (χ2v) is 7.41. The van der Waals surface area contributed by atoms with Crippen LogP contribution in [-0.4, -0.2) is 40.0 Å². The summed E-state index contributed by atoms with van der Waals surface area (Å²) in [5, 5.41) is 4.92. The van der Waals surface area contributed by atoms with E-state index in [0.29, 0.717) is 12.5 Å². The molecule has 3 heterocycles. The van der Waals surface area contributed by atoms with Gasteiger partial charge in [-0.05, 0) is 43.3 Å². The van der Waals surface area contributed by atoms with Crippen LogP contribution in [0.3, 0.4) is 0 Å². The monoisotopic (exact) mass is 362 g/mol. The van der Waals surface area contributed by atoms with Crippen LogP contribution in [0.25, 0.3) is 0 Å². The molecule has 0 saturated carbocycles. The second kappa shape index (κ2) is 7.79. The lowest BCUT2D eigenvalue weighted by Gasteiger charge is -2.31. The van der Waals surface area contributed by atoms with Crippen molar-refractivity contribution >= 4 is 17.2 Å². The third kappa shape index (κ3) is 4.26. The molecule has 1 aliphatic rings. The zero-order valence-corrected chi connectivity index (χ0v) is 15.0. The van der Waals surface area contributed by atoms with Crippen LogP contribution in [0.4, 0.5) is 0 Å². The van der Waals surface area contributed by atoms with Crippen molar-refractivity contribution < 1.29 is 4.79 Å². The van der Waals surface area contributed by atoms with E-state index in [1.165, 1.54) is 18.1 Å². The number of carbonyl (C=O) groups is 1. The first-order chi connectivity index (χ1) is 12.0. The smallest absolute Gasteiger partial charge is 0.328 e. The molecule has 0 spiro atoms. The lowest BCUT2D eigenvalue weighted by Crippen LogP contribution is -2.41. The highest BCUT2D eigenvalue weighted by atomic mass is 32.1. The molecule has 2 aromatic rings. The Morgan fingerprint density at radius 1 is 1.36 bits per heavy atom. The third-order valence-electron chi connectivity index (χ3n) is 4.64. The number of hydrogen-bond donors (Lipinski definition) is 2. The van der Waals surface area contributed by atoms with Gasteiger partial charge < -0.3 is 10.3 Å². The molecule has 0 atom stereocenters. The summed E-state index contributed by atoms with van der Waals surface area (Å²) >= 11 is 1.78. The van der Waals surface area contributed by atoms with E-state index in [9.17, 15) is 14.4 Å². The van der Waals surface area contributed by atoms with Crippen LogP contribution in [0.1, 0.15) is 28.1 Å². The maximum Gasteiger partial charge on any atom is 0.328 e. The molecule has 0 unspecified atom stereocenters. The number of rotatable bonds is 5. The van der Waals surface area contributed by atoms with Crippen molar-refractivity contribution in [3.05, 3.63) is 55.0 Å². The van der Waals surface area contributed by atoms with E-state index in [1.54, 1.807) is 11.3 Å². The highest BCUT2D eigenvalue weighted by Crippen LogP contribution is 2.20. The van der Waals surface area contributed by atoms with Gasteiger partial charge in [-0.25, -0.2) is 4.79 Å². The topological polar surface area (TPSA) is 87.2 Å². The Bertz CT molecular complexity index is 832. The molecule has 3 rings (SSSR count). The fourth-order valence-electron chi connectivity index (χ4n) is 3.03. The van der Waals surface area contributed by atoms with Crippen LogP contribution in [-0.2, 0) is 13.6 Å². The van der Waals surface area contributed by atoms with Crippen LogP contribution in [0.2, 0.25) is 0 Å². The molecule has 0 bridgehead atoms. The molecule has 0 aromatic carbocycles. The first kappa shape index (κ1) is 17.6. The quantitative estimate of drug-likeness (QED) is 0.823. The molecule has 1 amide bonds. The number of piperidine rings is 1. The lowest BCUT2D eigenvalue weighted by atomic mass is 9.96. The van der Waals surface area contributed by atoms with E-state index < -0.39 is 17.2 Å². The van der Waals surface area contributed by atoms with Crippen LogP contribution in [0, 0.1) is 5.92 Å². The van der Waals surface area contributed by atoms with E-state index >= 15 is 0 Å².